The summed E-state index contributed by atoms with van der Waals surface area (Å²) in [7, 11) is 0. The van der Waals surface area contributed by atoms with E-state index in [1.807, 2.05) is 5.32 Å². The number of anilines is 1. The van der Waals surface area contributed by atoms with Gasteiger partial charge in [-0.05, 0) is 23.2 Å². The van der Waals surface area contributed by atoms with E-state index in [0.717, 1.165) is 0 Å². The number of para-hydroxylation sites is 1. The van der Waals surface area contributed by atoms with Gasteiger partial charge in [0.15, 0.2) is 0 Å². The number of nitrogens with one attached hydrogen (secondary N) is 1. The normalized spacial score (nSPS) is 10.3. The van der Waals surface area contributed by atoms with Gasteiger partial charge in [0.1, 0.15) is 0 Å². The van der Waals surface area contributed by atoms with Crippen LogP contribution in [0.15, 0.2) is 24.3 Å². The molecule has 1 rings (SSSR count). The van der Waals surface area contributed by atoms with Gasteiger partial charge in [-0.25, -0.2) is 0 Å². The molecular formula is C9H8ClF2NO. The van der Waals surface area contributed by atoms with Crippen LogP contribution in [0.25, 0.3) is 0 Å². The molecule has 0 aliphatic heterocycles. The Kier molecular flexibility index (Phi) is 3.83. The quantitative estimate of drug-likeness (QED) is 0.623. The molecule has 2 nitrogen and oxygen atoms in total. The molecule has 1 aromatic rings. The fourth-order valence-electron chi connectivity index (χ4n) is 1.08. The minimum Gasteiger partial charge on any atom is -0.329 e. The number of halogens is 3. The SMILES string of the molecule is O=C(Cl)Cc1ccccc1NC(F)F. The molecule has 14 heavy (non-hydrogen) atoms. The lowest BCUT2D eigenvalue weighted by Crippen LogP contribution is -2.09. The molecule has 0 spiro atoms. The summed E-state index contributed by atoms with van der Waals surface area (Å²) in [6, 6.07) is 6.31. The predicted octanol–water partition coefficient (Wildman–Crippen LogP) is 2.63. The van der Waals surface area contributed by atoms with Crippen molar-refractivity contribution < 1.29 is 13.6 Å². The van der Waals surface area contributed by atoms with Crippen LogP contribution in [0.1, 0.15) is 5.56 Å². The molecular weight excluding hydrogens is 212 g/mol. The Morgan fingerprint density at radius 2 is 2.07 bits per heavy atom. The summed E-state index contributed by atoms with van der Waals surface area (Å²) in [4.78, 5) is 10.6. The van der Waals surface area contributed by atoms with E-state index in [-0.39, 0.29) is 12.1 Å². The van der Waals surface area contributed by atoms with Crippen molar-refractivity contribution in [2.75, 3.05) is 5.32 Å². The van der Waals surface area contributed by atoms with Crippen LogP contribution in [0, 0.1) is 0 Å². The summed E-state index contributed by atoms with van der Waals surface area (Å²) in [6.07, 6.45) is -0.0581. The van der Waals surface area contributed by atoms with Gasteiger partial charge in [-0.2, -0.15) is 8.78 Å². The Balaban J connectivity index is 2.85. The van der Waals surface area contributed by atoms with Crippen LogP contribution in [0.2, 0.25) is 0 Å². The topological polar surface area (TPSA) is 29.1 Å². The molecule has 0 aromatic heterocycles. The molecule has 5 heteroatoms. The standard InChI is InChI=1S/C9H8ClF2NO/c10-8(14)5-6-3-1-2-4-7(6)13-9(11)12/h1-4,9,13H,5H2. The van der Waals surface area contributed by atoms with Gasteiger partial charge in [0, 0.05) is 12.1 Å². The Morgan fingerprint density at radius 3 is 2.64 bits per heavy atom. The predicted molar refractivity (Wildman–Crippen MR) is 50.6 cm³/mol. The highest BCUT2D eigenvalue weighted by molar-refractivity contribution is 6.63. The highest BCUT2D eigenvalue weighted by Gasteiger charge is 2.08. The number of alkyl halides is 2. The van der Waals surface area contributed by atoms with Gasteiger partial charge in [0.05, 0.1) is 0 Å². The number of hydrogen-bond donors (Lipinski definition) is 1. The molecule has 0 saturated carbocycles. The summed E-state index contributed by atoms with van der Waals surface area (Å²) in [5.74, 6) is 0. The van der Waals surface area contributed by atoms with Crippen molar-refractivity contribution in [1.82, 2.24) is 0 Å². The highest BCUT2D eigenvalue weighted by atomic mass is 35.5. The molecule has 0 radical (unpaired) electrons. The Bertz CT molecular complexity index is 330. The lowest BCUT2D eigenvalue weighted by Gasteiger charge is -2.09. The van der Waals surface area contributed by atoms with Crippen molar-refractivity contribution >= 4 is 22.5 Å². The number of carbonyl (C=O) groups excluding carboxylic acids is 1. The summed E-state index contributed by atoms with van der Waals surface area (Å²) < 4.78 is 24.0. The van der Waals surface area contributed by atoms with Crippen LogP contribution in [-0.4, -0.2) is 11.8 Å². The third-order valence-electron chi connectivity index (χ3n) is 1.61. The number of carbonyl (C=O) groups is 1. The fraction of sp³-hybridized carbons (Fsp3) is 0.222. The largest absolute Gasteiger partial charge is 0.329 e. The maximum atomic E-state index is 12.0. The van der Waals surface area contributed by atoms with E-state index in [9.17, 15) is 13.6 Å². The van der Waals surface area contributed by atoms with Crippen molar-refractivity contribution in [2.45, 2.75) is 13.0 Å². The Morgan fingerprint density at radius 1 is 1.43 bits per heavy atom. The Hall–Kier alpha value is -1.16. The van der Waals surface area contributed by atoms with E-state index in [2.05, 4.69) is 0 Å². The average molecular weight is 220 g/mol. The van der Waals surface area contributed by atoms with Crippen molar-refractivity contribution in [1.29, 1.82) is 0 Å². The number of rotatable bonds is 4. The molecule has 76 valence electrons. The van der Waals surface area contributed by atoms with Gasteiger partial charge < -0.3 is 5.32 Å². The molecule has 0 fully saturated rings. The maximum absolute atomic E-state index is 12.0. The summed E-state index contributed by atoms with van der Waals surface area (Å²) in [5.41, 5.74) is 0.698. The molecule has 0 saturated heterocycles. The first-order valence-electron chi connectivity index (χ1n) is 3.90. The lowest BCUT2D eigenvalue weighted by atomic mass is 10.1. The summed E-state index contributed by atoms with van der Waals surface area (Å²) >= 11 is 5.17. The van der Waals surface area contributed by atoms with Gasteiger partial charge in [-0.3, -0.25) is 4.79 Å². The van der Waals surface area contributed by atoms with Crippen LogP contribution < -0.4 is 5.32 Å². The van der Waals surface area contributed by atoms with E-state index >= 15 is 0 Å². The minimum atomic E-state index is -2.65. The molecule has 0 aliphatic carbocycles. The molecule has 1 N–H and O–H groups in total. The zero-order valence-corrected chi connectivity index (χ0v) is 7.89. The third kappa shape index (κ3) is 3.30. The maximum Gasteiger partial charge on any atom is 0.312 e. The molecule has 0 unspecified atom stereocenters. The average Bonchev–Trinajstić information content (AvgIpc) is 2.06. The van der Waals surface area contributed by atoms with Crippen molar-refractivity contribution in [3.63, 3.8) is 0 Å². The summed E-state index contributed by atoms with van der Waals surface area (Å²) in [6.45, 7) is -2.65. The van der Waals surface area contributed by atoms with E-state index in [0.29, 0.717) is 5.56 Å². The van der Waals surface area contributed by atoms with E-state index in [1.165, 1.54) is 6.07 Å². The van der Waals surface area contributed by atoms with Gasteiger partial charge in [-0.15, -0.1) is 0 Å². The number of hydrogen-bond acceptors (Lipinski definition) is 2. The molecule has 0 heterocycles. The third-order valence-corrected chi connectivity index (χ3v) is 1.75. The van der Waals surface area contributed by atoms with Gasteiger partial charge >= 0.3 is 6.55 Å². The fourth-order valence-corrected chi connectivity index (χ4v) is 1.23. The first-order chi connectivity index (χ1) is 6.59. The van der Waals surface area contributed by atoms with Crippen molar-refractivity contribution in [3.8, 4) is 0 Å². The molecule has 0 amide bonds. The first-order valence-corrected chi connectivity index (χ1v) is 4.28. The molecule has 0 aliphatic rings. The Labute approximate surface area is 84.9 Å². The second-order valence-electron chi connectivity index (χ2n) is 2.63. The first kappa shape index (κ1) is 10.9. The van der Waals surface area contributed by atoms with Crippen LogP contribution >= 0.6 is 11.6 Å². The second-order valence-corrected chi connectivity index (χ2v) is 3.06. The molecule has 0 bridgehead atoms. The van der Waals surface area contributed by atoms with Gasteiger partial charge in [-0.1, -0.05) is 18.2 Å². The molecule has 1 aromatic carbocycles. The van der Waals surface area contributed by atoms with Crippen molar-refractivity contribution in [3.05, 3.63) is 29.8 Å². The van der Waals surface area contributed by atoms with E-state index in [4.69, 9.17) is 11.6 Å². The van der Waals surface area contributed by atoms with Crippen LogP contribution in [0.5, 0.6) is 0 Å². The van der Waals surface area contributed by atoms with Crippen LogP contribution in [-0.2, 0) is 11.2 Å². The highest BCUT2D eigenvalue weighted by Crippen LogP contribution is 2.18. The number of benzene rings is 1. The monoisotopic (exact) mass is 219 g/mol. The zero-order chi connectivity index (χ0) is 10.6. The van der Waals surface area contributed by atoms with E-state index in [1.54, 1.807) is 18.2 Å². The summed E-state index contributed by atoms with van der Waals surface area (Å²) in [5, 5.41) is 1.36. The van der Waals surface area contributed by atoms with Gasteiger partial charge in [0.2, 0.25) is 5.24 Å². The van der Waals surface area contributed by atoms with Crippen molar-refractivity contribution in [2.24, 2.45) is 0 Å². The zero-order valence-electron chi connectivity index (χ0n) is 7.14. The van der Waals surface area contributed by atoms with E-state index < -0.39 is 11.8 Å². The molecule has 0 atom stereocenters. The van der Waals surface area contributed by atoms with Crippen LogP contribution in [0.3, 0.4) is 0 Å². The minimum absolute atomic E-state index is 0.0581. The lowest BCUT2D eigenvalue weighted by molar-refractivity contribution is -0.111. The smallest absolute Gasteiger partial charge is 0.312 e. The van der Waals surface area contributed by atoms with Crippen LogP contribution in [0.4, 0.5) is 14.5 Å². The second kappa shape index (κ2) is 4.91. The van der Waals surface area contributed by atoms with Gasteiger partial charge in [0.25, 0.3) is 0 Å².